The van der Waals surface area contributed by atoms with Crippen molar-refractivity contribution in [1.82, 2.24) is 15.1 Å². The first-order chi connectivity index (χ1) is 7.13. The highest BCUT2D eigenvalue weighted by molar-refractivity contribution is 5.74. The van der Waals surface area contributed by atoms with Gasteiger partial charge in [-0.1, -0.05) is 6.92 Å². The number of carbonyl (C=O) groups is 1. The molecule has 0 atom stereocenters. The fourth-order valence-corrected chi connectivity index (χ4v) is 1.40. The maximum Gasteiger partial charge on any atom is 0.317 e. The second-order valence-electron chi connectivity index (χ2n) is 4.51. The second-order valence-corrected chi connectivity index (χ2v) is 4.51. The first-order valence-corrected chi connectivity index (χ1v) is 5.83. The van der Waals surface area contributed by atoms with E-state index >= 15 is 0 Å². The molecule has 1 fully saturated rings. The third-order valence-corrected chi connectivity index (χ3v) is 2.50. The van der Waals surface area contributed by atoms with Crippen molar-refractivity contribution in [2.45, 2.75) is 32.2 Å². The normalized spacial score (nSPS) is 15.5. The smallest absolute Gasteiger partial charge is 0.317 e. The van der Waals surface area contributed by atoms with Crippen LogP contribution >= 0.6 is 0 Å². The highest BCUT2D eigenvalue weighted by atomic mass is 16.2. The van der Waals surface area contributed by atoms with Gasteiger partial charge in [0.2, 0.25) is 0 Å². The first kappa shape index (κ1) is 12.3. The van der Waals surface area contributed by atoms with E-state index in [1.165, 1.54) is 0 Å². The Labute approximate surface area is 92.6 Å². The van der Waals surface area contributed by atoms with Gasteiger partial charge in [-0.05, 0) is 33.4 Å². The van der Waals surface area contributed by atoms with Crippen molar-refractivity contribution < 1.29 is 4.79 Å². The van der Waals surface area contributed by atoms with E-state index in [1.54, 1.807) is 0 Å². The van der Waals surface area contributed by atoms with Gasteiger partial charge in [-0.3, -0.25) is 0 Å². The van der Waals surface area contributed by atoms with Crippen LogP contribution in [-0.4, -0.2) is 55.6 Å². The van der Waals surface area contributed by atoms with Crippen molar-refractivity contribution >= 4 is 6.03 Å². The van der Waals surface area contributed by atoms with Crippen molar-refractivity contribution in [3.8, 4) is 0 Å². The SMILES string of the molecule is CCCN(CCN(C)C)C(=O)NC1CC1. The highest BCUT2D eigenvalue weighted by Crippen LogP contribution is 2.18. The van der Waals surface area contributed by atoms with Gasteiger partial charge < -0.3 is 15.1 Å². The molecule has 0 bridgehead atoms. The molecule has 0 aliphatic heterocycles. The predicted octanol–water partition coefficient (Wildman–Crippen LogP) is 1.13. The molecule has 4 heteroatoms. The molecule has 0 aromatic rings. The van der Waals surface area contributed by atoms with Crippen LogP contribution in [0.4, 0.5) is 4.79 Å². The van der Waals surface area contributed by atoms with Crippen molar-refractivity contribution in [2.24, 2.45) is 0 Å². The molecule has 1 rings (SSSR count). The van der Waals surface area contributed by atoms with Crippen molar-refractivity contribution in [2.75, 3.05) is 33.7 Å². The Morgan fingerprint density at radius 1 is 1.27 bits per heavy atom. The summed E-state index contributed by atoms with van der Waals surface area (Å²) < 4.78 is 0. The number of rotatable bonds is 6. The average Bonchev–Trinajstić information content (AvgIpc) is 2.95. The minimum atomic E-state index is 0.112. The van der Waals surface area contributed by atoms with E-state index in [0.29, 0.717) is 6.04 Å². The van der Waals surface area contributed by atoms with Crippen LogP contribution in [0.5, 0.6) is 0 Å². The largest absolute Gasteiger partial charge is 0.335 e. The Morgan fingerprint density at radius 3 is 2.40 bits per heavy atom. The molecule has 1 N–H and O–H groups in total. The van der Waals surface area contributed by atoms with Crippen molar-refractivity contribution in [3.63, 3.8) is 0 Å². The van der Waals surface area contributed by atoms with Gasteiger partial charge in [0.1, 0.15) is 0 Å². The fraction of sp³-hybridized carbons (Fsp3) is 0.909. The summed E-state index contributed by atoms with van der Waals surface area (Å²) in [7, 11) is 4.06. The van der Waals surface area contributed by atoms with Crippen molar-refractivity contribution in [3.05, 3.63) is 0 Å². The summed E-state index contributed by atoms with van der Waals surface area (Å²) in [5.41, 5.74) is 0. The van der Waals surface area contributed by atoms with Crippen molar-refractivity contribution in [1.29, 1.82) is 0 Å². The second kappa shape index (κ2) is 5.95. The Hall–Kier alpha value is -0.770. The van der Waals surface area contributed by atoms with E-state index < -0.39 is 0 Å². The van der Waals surface area contributed by atoms with E-state index in [0.717, 1.165) is 38.9 Å². The van der Waals surface area contributed by atoms with Gasteiger partial charge >= 0.3 is 6.03 Å². The minimum Gasteiger partial charge on any atom is -0.335 e. The lowest BCUT2D eigenvalue weighted by Gasteiger charge is -2.24. The number of carbonyl (C=O) groups excluding carboxylic acids is 1. The molecule has 0 spiro atoms. The van der Waals surface area contributed by atoms with E-state index in [4.69, 9.17) is 0 Å². The van der Waals surface area contributed by atoms with Crippen LogP contribution < -0.4 is 5.32 Å². The van der Waals surface area contributed by atoms with Crippen LogP contribution in [0.15, 0.2) is 0 Å². The molecular weight excluding hydrogens is 190 g/mol. The molecular formula is C11H23N3O. The molecule has 88 valence electrons. The summed E-state index contributed by atoms with van der Waals surface area (Å²) in [5.74, 6) is 0. The third kappa shape index (κ3) is 5.02. The van der Waals surface area contributed by atoms with Crippen LogP contribution in [0.1, 0.15) is 26.2 Å². The predicted molar refractivity (Wildman–Crippen MR) is 62.0 cm³/mol. The van der Waals surface area contributed by atoms with Crippen LogP contribution in [0.25, 0.3) is 0 Å². The van der Waals surface area contributed by atoms with E-state index in [1.807, 2.05) is 19.0 Å². The summed E-state index contributed by atoms with van der Waals surface area (Å²) >= 11 is 0. The highest BCUT2D eigenvalue weighted by Gasteiger charge is 2.25. The number of amides is 2. The summed E-state index contributed by atoms with van der Waals surface area (Å²) in [6.07, 6.45) is 3.32. The third-order valence-electron chi connectivity index (χ3n) is 2.50. The van der Waals surface area contributed by atoms with Gasteiger partial charge in [0.05, 0.1) is 0 Å². The Kier molecular flexibility index (Phi) is 4.88. The number of hydrogen-bond donors (Lipinski definition) is 1. The number of nitrogens with zero attached hydrogens (tertiary/aromatic N) is 2. The minimum absolute atomic E-state index is 0.112. The number of urea groups is 1. The van der Waals surface area contributed by atoms with Gasteiger partial charge in [-0.25, -0.2) is 4.79 Å². The van der Waals surface area contributed by atoms with Gasteiger partial charge in [0, 0.05) is 25.7 Å². The molecule has 2 amide bonds. The van der Waals surface area contributed by atoms with E-state index in [2.05, 4.69) is 17.1 Å². The van der Waals surface area contributed by atoms with Gasteiger partial charge in [0.25, 0.3) is 0 Å². The molecule has 0 aromatic carbocycles. The topological polar surface area (TPSA) is 35.6 Å². The lowest BCUT2D eigenvalue weighted by atomic mass is 10.4. The molecule has 1 aliphatic rings. The van der Waals surface area contributed by atoms with E-state index in [9.17, 15) is 4.79 Å². The van der Waals surface area contributed by atoms with Gasteiger partial charge in [-0.15, -0.1) is 0 Å². The maximum atomic E-state index is 11.8. The molecule has 0 saturated heterocycles. The molecule has 1 saturated carbocycles. The monoisotopic (exact) mass is 213 g/mol. The van der Waals surface area contributed by atoms with Crippen LogP contribution in [-0.2, 0) is 0 Å². The summed E-state index contributed by atoms with van der Waals surface area (Å²) in [6, 6.07) is 0.567. The van der Waals surface area contributed by atoms with Gasteiger partial charge in [-0.2, -0.15) is 0 Å². The fourth-order valence-electron chi connectivity index (χ4n) is 1.40. The zero-order chi connectivity index (χ0) is 11.3. The lowest BCUT2D eigenvalue weighted by Crippen LogP contribution is -2.44. The van der Waals surface area contributed by atoms with Crippen LogP contribution in [0, 0.1) is 0 Å². The maximum absolute atomic E-state index is 11.8. The molecule has 4 nitrogen and oxygen atoms in total. The average molecular weight is 213 g/mol. The number of hydrogen-bond acceptors (Lipinski definition) is 2. The first-order valence-electron chi connectivity index (χ1n) is 5.83. The van der Waals surface area contributed by atoms with Crippen LogP contribution in [0.2, 0.25) is 0 Å². The number of likely N-dealkylation sites (N-methyl/N-ethyl adjacent to an activating group) is 1. The molecule has 0 heterocycles. The Bertz CT molecular complexity index is 202. The summed E-state index contributed by atoms with van der Waals surface area (Å²) in [5, 5.41) is 3.03. The van der Waals surface area contributed by atoms with E-state index in [-0.39, 0.29) is 6.03 Å². The zero-order valence-corrected chi connectivity index (χ0v) is 10.1. The number of nitrogens with one attached hydrogen (secondary N) is 1. The molecule has 0 radical (unpaired) electrons. The molecule has 1 aliphatic carbocycles. The summed E-state index contributed by atoms with van der Waals surface area (Å²) in [6.45, 7) is 4.71. The summed E-state index contributed by atoms with van der Waals surface area (Å²) in [4.78, 5) is 15.8. The Balaban J connectivity index is 2.29. The van der Waals surface area contributed by atoms with Crippen LogP contribution in [0.3, 0.4) is 0 Å². The van der Waals surface area contributed by atoms with Gasteiger partial charge in [0.15, 0.2) is 0 Å². The zero-order valence-electron chi connectivity index (χ0n) is 10.1. The quantitative estimate of drug-likeness (QED) is 0.718. The molecule has 15 heavy (non-hydrogen) atoms. The molecule has 0 unspecified atom stereocenters. The Morgan fingerprint density at radius 2 is 1.93 bits per heavy atom. The molecule has 0 aromatic heterocycles. The standard InChI is InChI=1S/C11H23N3O/c1-4-7-14(9-8-13(2)3)11(15)12-10-5-6-10/h10H,4-9H2,1-3H3,(H,12,15). The lowest BCUT2D eigenvalue weighted by molar-refractivity contribution is 0.191.